The number of hydrogen-bond donors (Lipinski definition) is 1. The number of piperidine rings is 1. The number of carbonyl (C=O) groups excluding carboxylic acids is 2. The fourth-order valence-electron chi connectivity index (χ4n) is 5.85. The number of benzene rings is 2. The number of hydroxylamine groups is 2. The number of aromatic nitrogens is 1. The molecule has 0 radical (unpaired) electrons. The molecule has 2 amide bonds. The first kappa shape index (κ1) is 25.6. The highest BCUT2D eigenvalue weighted by Crippen LogP contribution is 2.41. The van der Waals surface area contributed by atoms with Crippen molar-refractivity contribution in [3.8, 4) is 11.5 Å². The zero-order valence-corrected chi connectivity index (χ0v) is 22.4. The summed E-state index contributed by atoms with van der Waals surface area (Å²) in [4.78, 5) is 38.5. The van der Waals surface area contributed by atoms with E-state index >= 15 is 0 Å². The number of fused-ring (bicyclic) bond motifs is 1. The minimum absolute atomic E-state index is 0.0114. The van der Waals surface area contributed by atoms with Crippen molar-refractivity contribution in [2.45, 2.75) is 31.7 Å². The lowest BCUT2D eigenvalue weighted by atomic mass is 9.77. The van der Waals surface area contributed by atoms with Crippen LogP contribution < -0.4 is 14.9 Å². The minimum Gasteiger partial charge on any atom is -0.493 e. The molecule has 2 aromatic carbocycles. The number of ether oxygens (including phenoxy) is 1. The first-order valence-corrected chi connectivity index (χ1v) is 13.8. The van der Waals surface area contributed by atoms with E-state index in [1.54, 1.807) is 36.7 Å². The molecule has 3 aliphatic rings. The molecule has 3 aliphatic heterocycles. The van der Waals surface area contributed by atoms with Gasteiger partial charge in [-0.15, -0.1) is 5.06 Å². The second-order valence-electron chi connectivity index (χ2n) is 10.6. The number of pyridine rings is 1. The maximum absolute atomic E-state index is 13.5. The van der Waals surface area contributed by atoms with Crippen LogP contribution >= 0.6 is 11.6 Å². The fraction of sp³-hybridized carbons (Fsp3) is 0.367. The van der Waals surface area contributed by atoms with Gasteiger partial charge in [0.15, 0.2) is 5.75 Å². The van der Waals surface area contributed by atoms with Crippen molar-refractivity contribution in [1.29, 1.82) is 0 Å². The molecule has 1 atom stereocenters. The maximum Gasteiger partial charge on any atom is 0.253 e. The van der Waals surface area contributed by atoms with Crippen LogP contribution in [0.15, 0.2) is 67.0 Å². The van der Waals surface area contributed by atoms with Crippen LogP contribution in [0.3, 0.4) is 0 Å². The molecule has 1 N–H and O–H groups in total. The molecule has 0 unspecified atom stereocenters. The van der Waals surface area contributed by atoms with Crippen LogP contribution in [0.25, 0.3) is 0 Å². The Labute approximate surface area is 232 Å². The van der Waals surface area contributed by atoms with Gasteiger partial charge in [-0.2, -0.15) is 0 Å². The van der Waals surface area contributed by atoms with Crippen molar-refractivity contribution >= 4 is 23.4 Å². The summed E-state index contributed by atoms with van der Waals surface area (Å²) in [6, 6.07) is 16.0. The summed E-state index contributed by atoms with van der Waals surface area (Å²) < 4.78 is 5.84. The molecule has 2 saturated heterocycles. The molecular weight excluding hydrogens is 516 g/mol. The van der Waals surface area contributed by atoms with E-state index < -0.39 is 0 Å². The molecule has 8 nitrogen and oxygen atoms in total. The third-order valence-corrected chi connectivity index (χ3v) is 8.45. The molecule has 0 bridgehead atoms. The van der Waals surface area contributed by atoms with Gasteiger partial charge in [-0.3, -0.25) is 14.6 Å². The lowest BCUT2D eigenvalue weighted by Gasteiger charge is -2.39. The summed E-state index contributed by atoms with van der Waals surface area (Å²) in [6.07, 6.45) is 7.02. The summed E-state index contributed by atoms with van der Waals surface area (Å²) in [5.74, 6) is 1.26. The van der Waals surface area contributed by atoms with E-state index in [1.165, 1.54) is 0 Å². The second kappa shape index (κ2) is 10.9. The highest BCUT2D eigenvalue weighted by atomic mass is 35.5. The molecule has 0 saturated carbocycles. The van der Waals surface area contributed by atoms with Crippen LogP contribution in [-0.2, 0) is 0 Å². The molecule has 1 aromatic heterocycles. The standard InChI is InChI=1S/C30H31ClN4O4/c31-25-4-2-1-3-23(25)28(36)33-26-9-18-38-27-6-5-21(19-24(26)27)29(37)34-15-10-30(11-16-34)12-17-35(20-30)39-22-7-13-32-14-8-22/h1-8,13-14,19,26H,9-12,15-18,20H2,(H,33,36)/t26-/m1/s1. The third kappa shape index (κ3) is 5.44. The first-order valence-electron chi connectivity index (χ1n) is 13.4. The Morgan fingerprint density at radius 1 is 1.03 bits per heavy atom. The normalized spacial score (nSPS) is 20.2. The first-order chi connectivity index (χ1) is 19.0. The molecule has 1 spiro atoms. The molecule has 0 aliphatic carbocycles. The van der Waals surface area contributed by atoms with E-state index in [4.69, 9.17) is 21.2 Å². The van der Waals surface area contributed by atoms with Crippen molar-refractivity contribution in [3.63, 3.8) is 0 Å². The van der Waals surface area contributed by atoms with E-state index in [1.807, 2.05) is 40.3 Å². The predicted octanol–water partition coefficient (Wildman–Crippen LogP) is 4.91. The molecule has 202 valence electrons. The maximum atomic E-state index is 13.5. The van der Waals surface area contributed by atoms with Gasteiger partial charge >= 0.3 is 0 Å². The SMILES string of the molecule is O=C(N[C@@H]1CCOc2ccc(C(=O)N3CCC4(CCN(Oc5ccncc5)C4)CC3)cc21)c1ccccc1Cl. The fourth-order valence-corrected chi connectivity index (χ4v) is 6.08. The van der Waals surface area contributed by atoms with E-state index in [0.717, 1.165) is 43.7 Å². The van der Waals surface area contributed by atoms with Crippen LogP contribution in [0, 0.1) is 5.41 Å². The molecule has 3 aromatic rings. The molecule has 4 heterocycles. The second-order valence-corrected chi connectivity index (χ2v) is 11.0. The van der Waals surface area contributed by atoms with E-state index in [-0.39, 0.29) is 23.3 Å². The third-order valence-electron chi connectivity index (χ3n) is 8.12. The van der Waals surface area contributed by atoms with Gasteiger partial charge in [-0.25, -0.2) is 0 Å². The van der Waals surface area contributed by atoms with E-state index in [0.29, 0.717) is 48.0 Å². The van der Waals surface area contributed by atoms with Crippen LogP contribution in [-0.4, -0.2) is 59.5 Å². The van der Waals surface area contributed by atoms with Crippen molar-refractivity contribution in [1.82, 2.24) is 20.3 Å². The van der Waals surface area contributed by atoms with Crippen LogP contribution in [0.1, 0.15) is 58.0 Å². The van der Waals surface area contributed by atoms with Crippen molar-refractivity contribution < 1.29 is 19.2 Å². The van der Waals surface area contributed by atoms with Crippen LogP contribution in [0.4, 0.5) is 0 Å². The number of nitrogens with zero attached hydrogens (tertiary/aromatic N) is 3. The van der Waals surface area contributed by atoms with Gasteiger partial charge in [0, 0.05) is 68.3 Å². The van der Waals surface area contributed by atoms with Gasteiger partial charge < -0.3 is 19.8 Å². The van der Waals surface area contributed by atoms with Crippen molar-refractivity contribution in [3.05, 3.63) is 88.7 Å². The Balaban J connectivity index is 1.10. The van der Waals surface area contributed by atoms with Gasteiger partial charge in [0.05, 0.1) is 23.2 Å². The van der Waals surface area contributed by atoms with Gasteiger partial charge in [0.25, 0.3) is 11.8 Å². The summed E-state index contributed by atoms with van der Waals surface area (Å²) in [7, 11) is 0. The Morgan fingerprint density at radius 2 is 1.79 bits per heavy atom. The molecule has 39 heavy (non-hydrogen) atoms. The Kier molecular flexibility index (Phi) is 7.14. The van der Waals surface area contributed by atoms with E-state index in [9.17, 15) is 9.59 Å². The Bertz CT molecular complexity index is 1360. The highest BCUT2D eigenvalue weighted by molar-refractivity contribution is 6.33. The Morgan fingerprint density at radius 3 is 2.59 bits per heavy atom. The van der Waals surface area contributed by atoms with Crippen molar-refractivity contribution in [2.24, 2.45) is 5.41 Å². The molecule has 2 fully saturated rings. The van der Waals surface area contributed by atoms with Gasteiger partial charge in [0.1, 0.15) is 5.75 Å². The smallest absolute Gasteiger partial charge is 0.253 e. The van der Waals surface area contributed by atoms with Gasteiger partial charge in [-0.05, 0) is 55.0 Å². The lowest BCUT2D eigenvalue weighted by molar-refractivity contribution is -0.0499. The minimum atomic E-state index is -0.264. The number of rotatable bonds is 5. The topological polar surface area (TPSA) is 84.0 Å². The summed E-state index contributed by atoms with van der Waals surface area (Å²) >= 11 is 6.23. The zero-order chi connectivity index (χ0) is 26.8. The molecular formula is C30H31ClN4O4. The van der Waals surface area contributed by atoms with Gasteiger partial charge in [0.2, 0.25) is 0 Å². The number of hydrogen-bond acceptors (Lipinski definition) is 6. The quantitative estimate of drug-likeness (QED) is 0.489. The summed E-state index contributed by atoms with van der Waals surface area (Å²) in [6.45, 7) is 3.65. The number of halogens is 1. The predicted molar refractivity (Wildman–Crippen MR) is 147 cm³/mol. The van der Waals surface area contributed by atoms with Crippen molar-refractivity contribution in [2.75, 3.05) is 32.8 Å². The highest BCUT2D eigenvalue weighted by Gasteiger charge is 2.42. The lowest BCUT2D eigenvalue weighted by Crippen LogP contribution is -2.44. The molecule has 6 rings (SSSR count). The number of carbonyl (C=O) groups is 2. The monoisotopic (exact) mass is 546 g/mol. The Hall–Kier alpha value is -3.62. The number of likely N-dealkylation sites (tertiary alicyclic amines) is 1. The summed E-state index contributed by atoms with van der Waals surface area (Å²) in [5.41, 5.74) is 2.03. The average molecular weight is 547 g/mol. The number of amides is 2. The van der Waals surface area contributed by atoms with E-state index in [2.05, 4.69) is 10.3 Å². The summed E-state index contributed by atoms with van der Waals surface area (Å²) in [5, 5.41) is 5.52. The average Bonchev–Trinajstić information content (AvgIpc) is 3.35. The van der Waals surface area contributed by atoms with Crippen LogP contribution in [0.2, 0.25) is 5.02 Å². The number of nitrogens with one attached hydrogen (secondary N) is 1. The molecule has 9 heteroatoms. The van der Waals surface area contributed by atoms with Crippen LogP contribution in [0.5, 0.6) is 11.5 Å². The van der Waals surface area contributed by atoms with Gasteiger partial charge in [-0.1, -0.05) is 23.7 Å². The zero-order valence-electron chi connectivity index (χ0n) is 21.6. The largest absolute Gasteiger partial charge is 0.493 e.